The normalized spacial score (nSPS) is 28.7. The van der Waals surface area contributed by atoms with Gasteiger partial charge in [-0.05, 0) is 12.8 Å². The molecule has 8 nitrogen and oxygen atoms in total. The van der Waals surface area contributed by atoms with Crippen LogP contribution in [0.4, 0.5) is 4.79 Å². The Balaban J connectivity index is 1.74. The van der Waals surface area contributed by atoms with Gasteiger partial charge in [0.15, 0.2) is 5.84 Å². The van der Waals surface area contributed by atoms with Crippen molar-refractivity contribution in [3.8, 4) is 0 Å². The van der Waals surface area contributed by atoms with Crippen LogP contribution in [0.1, 0.15) is 19.3 Å². The van der Waals surface area contributed by atoms with Crippen molar-refractivity contribution >= 4 is 17.8 Å². The summed E-state index contributed by atoms with van der Waals surface area (Å²) in [6.45, 7) is 2.12. The predicted molar refractivity (Wildman–Crippen MR) is 70.2 cm³/mol. The Hall–Kier alpha value is -1.99. The molecule has 2 aliphatic heterocycles. The van der Waals surface area contributed by atoms with E-state index >= 15 is 0 Å². The SMILES string of the molecule is NC(=NO)C1(C(=O)N2CCN3C(=O)NCC3C2)CCC1. The number of nitrogens with zero attached hydrogens (tertiary/aromatic N) is 3. The number of fused-ring (bicyclic) bond motifs is 1. The first kappa shape index (κ1) is 13.0. The van der Waals surface area contributed by atoms with E-state index in [0.29, 0.717) is 39.0 Å². The van der Waals surface area contributed by atoms with E-state index in [0.717, 1.165) is 6.42 Å². The number of oxime groups is 1. The number of hydrogen-bond donors (Lipinski definition) is 3. The van der Waals surface area contributed by atoms with Crippen LogP contribution >= 0.6 is 0 Å². The van der Waals surface area contributed by atoms with Gasteiger partial charge in [-0.15, -0.1) is 0 Å². The minimum atomic E-state index is -0.826. The van der Waals surface area contributed by atoms with Gasteiger partial charge in [-0.3, -0.25) is 4.79 Å². The van der Waals surface area contributed by atoms with E-state index < -0.39 is 5.41 Å². The van der Waals surface area contributed by atoms with Crippen molar-refractivity contribution in [3.63, 3.8) is 0 Å². The number of nitrogens with two attached hydrogens (primary N) is 1. The van der Waals surface area contributed by atoms with Gasteiger partial charge in [0.2, 0.25) is 5.91 Å². The lowest BCUT2D eigenvalue weighted by Gasteiger charge is -2.45. The highest BCUT2D eigenvalue weighted by atomic mass is 16.4. The van der Waals surface area contributed by atoms with Gasteiger partial charge < -0.3 is 26.1 Å². The monoisotopic (exact) mass is 281 g/mol. The number of amides is 3. The number of hydrogen-bond acceptors (Lipinski definition) is 4. The Morgan fingerprint density at radius 1 is 1.45 bits per heavy atom. The third kappa shape index (κ3) is 1.70. The van der Waals surface area contributed by atoms with Gasteiger partial charge in [0.05, 0.1) is 6.04 Å². The molecule has 1 aliphatic carbocycles. The molecule has 3 fully saturated rings. The molecule has 1 unspecified atom stereocenters. The summed E-state index contributed by atoms with van der Waals surface area (Å²) in [5.74, 6) is -0.0603. The molecule has 3 aliphatic rings. The lowest BCUT2D eigenvalue weighted by molar-refractivity contribution is -0.144. The molecule has 4 N–H and O–H groups in total. The van der Waals surface area contributed by atoms with Gasteiger partial charge in [-0.1, -0.05) is 11.6 Å². The second-order valence-corrected chi connectivity index (χ2v) is 5.71. The van der Waals surface area contributed by atoms with Crippen molar-refractivity contribution in [2.45, 2.75) is 25.3 Å². The Morgan fingerprint density at radius 2 is 2.20 bits per heavy atom. The summed E-state index contributed by atoms with van der Waals surface area (Å²) in [6.07, 6.45) is 2.17. The minimum Gasteiger partial charge on any atom is -0.409 e. The van der Waals surface area contributed by atoms with E-state index in [1.54, 1.807) is 9.80 Å². The summed E-state index contributed by atoms with van der Waals surface area (Å²) in [5.41, 5.74) is 4.90. The highest BCUT2D eigenvalue weighted by Crippen LogP contribution is 2.43. The summed E-state index contributed by atoms with van der Waals surface area (Å²) in [6, 6.07) is -0.0264. The van der Waals surface area contributed by atoms with E-state index in [2.05, 4.69) is 10.5 Å². The zero-order valence-electron chi connectivity index (χ0n) is 11.2. The minimum absolute atomic E-state index is 0.0109. The molecule has 0 aromatic heterocycles. The molecule has 0 radical (unpaired) electrons. The highest BCUT2D eigenvalue weighted by molar-refractivity contribution is 6.07. The van der Waals surface area contributed by atoms with Crippen LogP contribution in [0.15, 0.2) is 5.16 Å². The van der Waals surface area contributed by atoms with Gasteiger partial charge in [-0.2, -0.15) is 0 Å². The number of amidine groups is 1. The van der Waals surface area contributed by atoms with E-state index in [4.69, 9.17) is 10.9 Å². The topological polar surface area (TPSA) is 111 Å². The second kappa shape index (κ2) is 4.53. The molecule has 110 valence electrons. The zero-order valence-corrected chi connectivity index (χ0v) is 11.2. The van der Waals surface area contributed by atoms with E-state index in [9.17, 15) is 9.59 Å². The quantitative estimate of drug-likeness (QED) is 0.264. The third-order valence-electron chi connectivity index (χ3n) is 4.73. The highest BCUT2D eigenvalue weighted by Gasteiger charge is 2.51. The lowest BCUT2D eigenvalue weighted by atomic mass is 9.66. The van der Waals surface area contributed by atoms with E-state index in [-0.39, 0.29) is 23.8 Å². The number of carbonyl (C=O) groups excluding carboxylic acids is 2. The van der Waals surface area contributed by atoms with Crippen LogP contribution in [0.25, 0.3) is 0 Å². The molecule has 0 spiro atoms. The molecule has 1 atom stereocenters. The maximum absolute atomic E-state index is 12.7. The van der Waals surface area contributed by atoms with Crippen LogP contribution in [0.5, 0.6) is 0 Å². The largest absolute Gasteiger partial charge is 0.409 e. The van der Waals surface area contributed by atoms with Crippen molar-refractivity contribution < 1.29 is 14.8 Å². The summed E-state index contributed by atoms with van der Waals surface area (Å²) in [5, 5.41) is 14.7. The Bertz CT molecular complexity index is 474. The van der Waals surface area contributed by atoms with Crippen molar-refractivity contribution in [2.24, 2.45) is 16.3 Å². The zero-order chi connectivity index (χ0) is 14.3. The molecule has 0 bridgehead atoms. The van der Waals surface area contributed by atoms with Crippen molar-refractivity contribution in [2.75, 3.05) is 26.2 Å². The summed E-state index contributed by atoms with van der Waals surface area (Å²) in [4.78, 5) is 27.8. The molecule has 2 saturated heterocycles. The van der Waals surface area contributed by atoms with E-state index in [1.807, 2.05) is 0 Å². The second-order valence-electron chi connectivity index (χ2n) is 5.71. The number of carbonyl (C=O) groups is 2. The molecule has 0 aromatic rings. The lowest BCUT2D eigenvalue weighted by Crippen LogP contribution is -2.61. The maximum Gasteiger partial charge on any atom is 0.317 e. The first-order chi connectivity index (χ1) is 9.58. The average Bonchev–Trinajstić information content (AvgIpc) is 2.78. The first-order valence-corrected chi connectivity index (χ1v) is 6.90. The molecule has 8 heteroatoms. The predicted octanol–water partition coefficient (Wildman–Crippen LogP) is -0.861. The summed E-state index contributed by atoms with van der Waals surface area (Å²) >= 11 is 0. The first-order valence-electron chi connectivity index (χ1n) is 6.90. The summed E-state index contributed by atoms with van der Waals surface area (Å²) < 4.78 is 0. The Labute approximate surface area is 116 Å². The smallest absolute Gasteiger partial charge is 0.317 e. The van der Waals surface area contributed by atoms with Gasteiger partial charge >= 0.3 is 6.03 Å². The van der Waals surface area contributed by atoms with Gasteiger partial charge in [0.1, 0.15) is 5.41 Å². The fourth-order valence-electron chi connectivity index (χ4n) is 3.30. The average molecular weight is 281 g/mol. The number of piperazine rings is 1. The fourth-order valence-corrected chi connectivity index (χ4v) is 3.30. The van der Waals surface area contributed by atoms with Gasteiger partial charge in [-0.25, -0.2) is 4.79 Å². The van der Waals surface area contributed by atoms with Gasteiger partial charge in [0.25, 0.3) is 0 Å². The van der Waals surface area contributed by atoms with Crippen LogP contribution in [-0.4, -0.2) is 65.0 Å². The van der Waals surface area contributed by atoms with Gasteiger partial charge in [0, 0.05) is 26.2 Å². The van der Waals surface area contributed by atoms with Crippen molar-refractivity contribution in [1.29, 1.82) is 0 Å². The third-order valence-corrected chi connectivity index (χ3v) is 4.73. The van der Waals surface area contributed by atoms with Crippen LogP contribution in [0.3, 0.4) is 0 Å². The Kier molecular flexibility index (Phi) is 2.95. The number of nitrogens with one attached hydrogen (secondary N) is 1. The Morgan fingerprint density at radius 3 is 2.80 bits per heavy atom. The van der Waals surface area contributed by atoms with Crippen LogP contribution in [0, 0.1) is 5.41 Å². The van der Waals surface area contributed by atoms with Crippen LogP contribution in [-0.2, 0) is 4.79 Å². The van der Waals surface area contributed by atoms with Crippen LogP contribution < -0.4 is 11.1 Å². The van der Waals surface area contributed by atoms with Crippen molar-refractivity contribution in [3.05, 3.63) is 0 Å². The number of rotatable bonds is 2. The molecular weight excluding hydrogens is 262 g/mol. The molecule has 1 saturated carbocycles. The molecular formula is C12H19N5O3. The van der Waals surface area contributed by atoms with Crippen LogP contribution in [0.2, 0.25) is 0 Å². The standard InChI is InChI=1S/C12H19N5O3/c13-9(15-20)12(2-1-3-12)10(18)16-4-5-17-8(7-16)6-14-11(17)19/h8,20H,1-7H2,(H2,13,15)(H,14,19). The number of urea groups is 1. The molecule has 0 aromatic carbocycles. The maximum atomic E-state index is 12.7. The molecule has 20 heavy (non-hydrogen) atoms. The van der Waals surface area contributed by atoms with E-state index in [1.165, 1.54) is 0 Å². The summed E-state index contributed by atoms with van der Waals surface area (Å²) in [7, 11) is 0. The molecule has 3 amide bonds. The molecule has 3 rings (SSSR count). The van der Waals surface area contributed by atoms with Crippen molar-refractivity contribution in [1.82, 2.24) is 15.1 Å². The molecule has 2 heterocycles. The fraction of sp³-hybridized carbons (Fsp3) is 0.750.